The summed E-state index contributed by atoms with van der Waals surface area (Å²) in [5.41, 5.74) is 1.10. The van der Waals surface area contributed by atoms with Gasteiger partial charge in [-0.25, -0.2) is 0 Å². The van der Waals surface area contributed by atoms with Gasteiger partial charge in [-0.15, -0.1) is 10.2 Å². The summed E-state index contributed by atoms with van der Waals surface area (Å²) < 4.78 is 1.96. The van der Waals surface area contributed by atoms with Gasteiger partial charge in [-0.1, -0.05) is 42.1 Å². The molecule has 0 aliphatic heterocycles. The van der Waals surface area contributed by atoms with Crippen molar-refractivity contribution in [2.75, 3.05) is 5.75 Å². The molecule has 1 aromatic heterocycles. The van der Waals surface area contributed by atoms with Crippen LogP contribution in [-0.4, -0.2) is 26.4 Å². The number of hydrogen-bond donors (Lipinski definition) is 1. The molecule has 2 rings (SSSR count). The highest BCUT2D eigenvalue weighted by Gasteiger charge is 2.13. The van der Waals surface area contributed by atoms with E-state index in [4.69, 9.17) is 0 Å². The molecule has 0 spiro atoms. The third-order valence-corrected chi connectivity index (χ3v) is 4.06. The lowest BCUT2D eigenvalue weighted by Gasteiger charge is -2.14. The van der Waals surface area contributed by atoms with E-state index in [1.165, 1.54) is 11.8 Å². The van der Waals surface area contributed by atoms with Crippen LogP contribution in [0, 0.1) is 0 Å². The Morgan fingerprint density at radius 2 is 2.00 bits per heavy atom. The summed E-state index contributed by atoms with van der Waals surface area (Å²) in [5.74, 6) is 0.331. The van der Waals surface area contributed by atoms with Gasteiger partial charge in [-0.2, -0.15) is 0 Å². The molecule has 0 aliphatic rings. The first kappa shape index (κ1) is 15.6. The fourth-order valence-corrected chi connectivity index (χ4v) is 2.78. The highest BCUT2D eigenvalue weighted by molar-refractivity contribution is 7.99. The normalized spacial score (nSPS) is 12.4. The molecule has 5 nitrogen and oxygen atoms in total. The molecule has 21 heavy (non-hydrogen) atoms. The molecule has 1 atom stereocenters. The van der Waals surface area contributed by atoms with Crippen molar-refractivity contribution in [1.82, 2.24) is 20.1 Å². The molecule has 1 aromatic carbocycles. The Morgan fingerprint density at radius 1 is 1.29 bits per heavy atom. The van der Waals surface area contributed by atoms with E-state index in [0.29, 0.717) is 5.75 Å². The van der Waals surface area contributed by atoms with Gasteiger partial charge in [-0.3, -0.25) is 4.79 Å². The molecule has 0 aliphatic carbocycles. The van der Waals surface area contributed by atoms with E-state index in [2.05, 4.69) is 29.4 Å². The molecular formula is C15H20N4OS. The maximum absolute atomic E-state index is 12.0. The quantitative estimate of drug-likeness (QED) is 0.834. The SMILES string of the molecule is CC(NC(=O)CSc1nncn1C(C)C)c1ccccc1. The third kappa shape index (κ3) is 4.32. The lowest BCUT2D eigenvalue weighted by atomic mass is 10.1. The summed E-state index contributed by atoms with van der Waals surface area (Å²) in [6.45, 7) is 6.10. The zero-order valence-electron chi connectivity index (χ0n) is 12.5. The Morgan fingerprint density at radius 3 is 2.67 bits per heavy atom. The number of rotatable bonds is 6. The van der Waals surface area contributed by atoms with Crippen LogP contribution in [0.3, 0.4) is 0 Å². The molecule has 112 valence electrons. The molecule has 2 aromatic rings. The number of thioether (sulfide) groups is 1. The molecule has 0 saturated carbocycles. The van der Waals surface area contributed by atoms with Crippen LogP contribution in [0.2, 0.25) is 0 Å². The maximum atomic E-state index is 12.0. The topological polar surface area (TPSA) is 59.8 Å². The van der Waals surface area contributed by atoms with Gasteiger partial charge in [0.25, 0.3) is 0 Å². The Bertz CT molecular complexity index is 582. The number of hydrogen-bond acceptors (Lipinski definition) is 4. The van der Waals surface area contributed by atoms with E-state index < -0.39 is 0 Å². The summed E-state index contributed by atoms with van der Waals surface area (Å²) in [7, 11) is 0. The Labute approximate surface area is 129 Å². The van der Waals surface area contributed by atoms with E-state index in [1.807, 2.05) is 41.8 Å². The van der Waals surface area contributed by atoms with Crippen molar-refractivity contribution in [3.63, 3.8) is 0 Å². The Hall–Kier alpha value is -1.82. The number of carbonyl (C=O) groups is 1. The van der Waals surface area contributed by atoms with Gasteiger partial charge in [0, 0.05) is 6.04 Å². The summed E-state index contributed by atoms with van der Waals surface area (Å²) in [6.07, 6.45) is 1.69. The number of carbonyl (C=O) groups excluding carboxylic acids is 1. The lowest BCUT2D eigenvalue weighted by Crippen LogP contribution is -2.28. The average Bonchev–Trinajstić information content (AvgIpc) is 2.94. The second-order valence-corrected chi connectivity index (χ2v) is 6.05. The van der Waals surface area contributed by atoms with Crippen LogP contribution in [0.1, 0.15) is 38.4 Å². The maximum Gasteiger partial charge on any atom is 0.230 e. The summed E-state index contributed by atoms with van der Waals surface area (Å²) >= 11 is 1.40. The standard InChI is InChI=1S/C15H20N4OS/c1-11(2)19-10-16-18-15(19)21-9-14(20)17-12(3)13-7-5-4-6-8-13/h4-8,10-12H,9H2,1-3H3,(H,17,20). The predicted octanol–water partition coefficient (Wildman–Crippen LogP) is 2.83. The van der Waals surface area contributed by atoms with Gasteiger partial charge in [0.1, 0.15) is 6.33 Å². The molecule has 1 amide bonds. The van der Waals surface area contributed by atoms with Gasteiger partial charge in [0.15, 0.2) is 5.16 Å². The van der Waals surface area contributed by atoms with Crippen LogP contribution in [0.15, 0.2) is 41.8 Å². The van der Waals surface area contributed by atoms with E-state index >= 15 is 0 Å². The van der Waals surface area contributed by atoms with E-state index in [9.17, 15) is 4.79 Å². The zero-order chi connectivity index (χ0) is 15.2. The molecular weight excluding hydrogens is 284 g/mol. The predicted molar refractivity (Wildman–Crippen MR) is 84.1 cm³/mol. The summed E-state index contributed by atoms with van der Waals surface area (Å²) in [4.78, 5) is 12.0. The molecule has 1 unspecified atom stereocenters. The Balaban J connectivity index is 1.86. The molecule has 6 heteroatoms. The van der Waals surface area contributed by atoms with Gasteiger partial charge >= 0.3 is 0 Å². The second-order valence-electron chi connectivity index (χ2n) is 5.10. The van der Waals surface area contributed by atoms with E-state index in [-0.39, 0.29) is 18.0 Å². The van der Waals surface area contributed by atoms with Crippen LogP contribution >= 0.6 is 11.8 Å². The molecule has 0 saturated heterocycles. The van der Waals surface area contributed by atoms with Crippen LogP contribution in [0.4, 0.5) is 0 Å². The van der Waals surface area contributed by atoms with Gasteiger partial charge < -0.3 is 9.88 Å². The van der Waals surface area contributed by atoms with Gasteiger partial charge in [-0.05, 0) is 26.3 Å². The first-order chi connectivity index (χ1) is 10.1. The van der Waals surface area contributed by atoms with E-state index in [1.54, 1.807) is 6.33 Å². The van der Waals surface area contributed by atoms with Crippen molar-refractivity contribution in [1.29, 1.82) is 0 Å². The largest absolute Gasteiger partial charge is 0.349 e. The first-order valence-corrected chi connectivity index (χ1v) is 7.93. The minimum Gasteiger partial charge on any atom is -0.349 e. The van der Waals surface area contributed by atoms with E-state index in [0.717, 1.165) is 10.7 Å². The third-order valence-electron chi connectivity index (χ3n) is 3.11. The fourth-order valence-electron chi connectivity index (χ4n) is 1.93. The highest BCUT2D eigenvalue weighted by atomic mass is 32.2. The summed E-state index contributed by atoms with van der Waals surface area (Å²) in [6, 6.07) is 10.2. The van der Waals surface area contributed by atoms with Crippen molar-refractivity contribution < 1.29 is 4.79 Å². The minimum absolute atomic E-state index is 0.00210. The molecule has 0 radical (unpaired) electrons. The summed E-state index contributed by atoms with van der Waals surface area (Å²) in [5, 5.41) is 11.7. The average molecular weight is 304 g/mol. The van der Waals surface area contributed by atoms with Gasteiger partial charge in [0.2, 0.25) is 5.91 Å². The number of nitrogens with zero attached hydrogens (tertiary/aromatic N) is 3. The minimum atomic E-state index is -0.00495. The molecule has 0 bridgehead atoms. The molecule has 1 N–H and O–H groups in total. The van der Waals surface area contributed by atoms with Crippen molar-refractivity contribution in [3.8, 4) is 0 Å². The number of benzene rings is 1. The van der Waals surface area contributed by atoms with Crippen molar-refractivity contribution in [2.45, 2.75) is 38.0 Å². The monoisotopic (exact) mass is 304 g/mol. The van der Waals surface area contributed by atoms with Crippen LogP contribution < -0.4 is 5.32 Å². The molecule has 0 fully saturated rings. The molecule has 1 heterocycles. The van der Waals surface area contributed by atoms with Crippen molar-refractivity contribution in [3.05, 3.63) is 42.2 Å². The van der Waals surface area contributed by atoms with Crippen LogP contribution in [0.5, 0.6) is 0 Å². The van der Waals surface area contributed by atoms with Gasteiger partial charge in [0.05, 0.1) is 11.8 Å². The lowest BCUT2D eigenvalue weighted by molar-refractivity contribution is -0.119. The number of nitrogens with one attached hydrogen (secondary N) is 1. The van der Waals surface area contributed by atoms with Crippen molar-refractivity contribution in [2.24, 2.45) is 0 Å². The zero-order valence-corrected chi connectivity index (χ0v) is 13.3. The van der Waals surface area contributed by atoms with Crippen molar-refractivity contribution >= 4 is 17.7 Å². The highest BCUT2D eigenvalue weighted by Crippen LogP contribution is 2.19. The number of aromatic nitrogens is 3. The smallest absolute Gasteiger partial charge is 0.230 e. The van der Waals surface area contributed by atoms with Crippen LogP contribution in [0.25, 0.3) is 0 Å². The second kappa shape index (κ2) is 7.26. The number of amides is 1. The van der Waals surface area contributed by atoms with Crippen LogP contribution in [-0.2, 0) is 4.79 Å². The first-order valence-electron chi connectivity index (χ1n) is 6.94. The fraction of sp³-hybridized carbons (Fsp3) is 0.400. The Kier molecular flexibility index (Phi) is 5.38.